The first-order valence-electron chi connectivity index (χ1n) is 11.9. The van der Waals surface area contributed by atoms with E-state index in [4.69, 9.17) is 19.0 Å². The van der Waals surface area contributed by atoms with Gasteiger partial charge in [-0.05, 0) is 43.2 Å². The van der Waals surface area contributed by atoms with Crippen molar-refractivity contribution in [2.75, 3.05) is 20.0 Å². The third-order valence-corrected chi connectivity index (χ3v) is 7.07. The maximum absolute atomic E-state index is 12.4. The van der Waals surface area contributed by atoms with Gasteiger partial charge in [-0.1, -0.05) is 68.1 Å². The van der Waals surface area contributed by atoms with Crippen molar-refractivity contribution in [3.63, 3.8) is 0 Å². The molecule has 0 aliphatic heterocycles. The number of rotatable bonds is 15. The van der Waals surface area contributed by atoms with E-state index in [9.17, 15) is 9.59 Å². The quantitative estimate of drug-likeness (QED) is 0.0573. The molecule has 0 amide bonds. The predicted molar refractivity (Wildman–Crippen MR) is 139 cm³/mol. The van der Waals surface area contributed by atoms with Gasteiger partial charge in [-0.25, -0.2) is 4.79 Å². The molecule has 1 unspecified atom stereocenters. The topological polar surface area (TPSA) is 83.4 Å². The van der Waals surface area contributed by atoms with Gasteiger partial charge >= 0.3 is 11.9 Å². The van der Waals surface area contributed by atoms with E-state index in [1.54, 1.807) is 42.6 Å². The Morgan fingerprint density at radius 1 is 0.943 bits per heavy atom. The molecule has 0 aliphatic rings. The van der Waals surface area contributed by atoms with Crippen LogP contribution >= 0.6 is 0 Å². The highest BCUT2D eigenvalue weighted by molar-refractivity contribution is 6.76. The molecule has 7 nitrogen and oxygen atoms in total. The van der Waals surface area contributed by atoms with Crippen molar-refractivity contribution >= 4 is 26.2 Å². The second-order valence-corrected chi connectivity index (χ2v) is 15.5. The Labute approximate surface area is 209 Å². The largest absolute Gasteiger partial charge is 0.462 e. The molecule has 2 aromatic carbocycles. The SMILES string of the molecule is CC(/C=N/OCOCC[Si](C)(C)C)(CCOC(=O)c1ccccc1)CCC(=O)Oc1ccccc1. The number of para-hydroxylation sites is 1. The van der Waals surface area contributed by atoms with Gasteiger partial charge in [0.1, 0.15) is 5.75 Å². The fourth-order valence-corrected chi connectivity index (χ4v) is 3.77. The van der Waals surface area contributed by atoms with E-state index in [-0.39, 0.29) is 31.8 Å². The first-order chi connectivity index (χ1) is 16.7. The molecule has 35 heavy (non-hydrogen) atoms. The number of benzene rings is 2. The zero-order valence-electron chi connectivity index (χ0n) is 21.2. The summed E-state index contributed by atoms with van der Waals surface area (Å²) in [4.78, 5) is 29.9. The van der Waals surface area contributed by atoms with Crippen LogP contribution in [-0.4, -0.2) is 46.2 Å². The van der Waals surface area contributed by atoms with Crippen LogP contribution in [0.2, 0.25) is 25.7 Å². The average molecular weight is 500 g/mol. The monoisotopic (exact) mass is 499 g/mol. The number of carbonyl (C=O) groups is 2. The van der Waals surface area contributed by atoms with Gasteiger partial charge in [0.15, 0.2) is 0 Å². The lowest BCUT2D eigenvalue weighted by Crippen LogP contribution is -2.24. The van der Waals surface area contributed by atoms with Gasteiger partial charge in [0, 0.05) is 32.7 Å². The first kappa shape index (κ1) is 28.3. The Bertz CT molecular complexity index is 930. The van der Waals surface area contributed by atoms with Crippen molar-refractivity contribution in [3.05, 3.63) is 66.2 Å². The number of hydrogen-bond acceptors (Lipinski definition) is 7. The Balaban J connectivity index is 1.88. The zero-order valence-corrected chi connectivity index (χ0v) is 22.2. The minimum atomic E-state index is -1.16. The van der Waals surface area contributed by atoms with Crippen molar-refractivity contribution in [2.45, 2.75) is 51.9 Å². The number of esters is 2. The van der Waals surface area contributed by atoms with Crippen molar-refractivity contribution < 1.29 is 28.6 Å². The van der Waals surface area contributed by atoms with Crippen LogP contribution in [0.15, 0.2) is 65.8 Å². The van der Waals surface area contributed by atoms with Gasteiger partial charge in [-0.15, -0.1) is 0 Å². The van der Waals surface area contributed by atoms with E-state index in [0.29, 0.717) is 30.8 Å². The van der Waals surface area contributed by atoms with Crippen LogP contribution in [0, 0.1) is 5.41 Å². The molecule has 0 spiro atoms. The zero-order chi connectivity index (χ0) is 25.6. The lowest BCUT2D eigenvalue weighted by Gasteiger charge is -2.24. The van der Waals surface area contributed by atoms with Crippen LogP contribution in [0.5, 0.6) is 5.75 Å². The lowest BCUT2D eigenvalue weighted by molar-refractivity contribution is -0.134. The summed E-state index contributed by atoms with van der Waals surface area (Å²) in [5, 5.41) is 4.06. The van der Waals surface area contributed by atoms with Crippen LogP contribution in [0.3, 0.4) is 0 Å². The van der Waals surface area contributed by atoms with E-state index in [1.165, 1.54) is 0 Å². The van der Waals surface area contributed by atoms with Crippen molar-refractivity contribution in [2.24, 2.45) is 10.6 Å². The fourth-order valence-electron chi connectivity index (χ4n) is 3.02. The first-order valence-corrected chi connectivity index (χ1v) is 15.6. The van der Waals surface area contributed by atoms with Crippen LogP contribution in [0.4, 0.5) is 0 Å². The van der Waals surface area contributed by atoms with Crippen LogP contribution in [0.1, 0.15) is 36.5 Å². The Kier molecular flexibility index (Phi) is 11.7. The van der Waals surface area contributed by atoms with E-state index in [2.05, 4.69) is 24.8 Å². The minimum Gasteiger partial charge on any atom is -0.462 e. The summed E-state index contributed by atoms with van der Waals surface area (Å²) >= 11 is 0. The lowest BCUT2D eigenvalue weighted by atomic mass is 9.83. The molecule has 0 saturated carbocycles. The molecule has 1 atom stereocenters. The van der Waals surface area contributed by atoms with E-state index in [1.807, 2.05) is 31.2 Å². The van der Waals surface area contributed by atoms with Gasteiger partial charge in [-0.3, -0.25) is 4.79 Å². The highest BCUT2D eigenvalue weighted by Gasteiger charge is 2.25. The average Bonchev–Trinajstić information content (AvgIpc) is 2.83. The van der Waals surface area contributed by atoms with Crippen LogP contribution in [-0.2, 0) is 19.1 Å². The molecule has 0 heterocycles. The maximum Gasteiger partial charge on any atom is 0.338 e. The molecule has 0 aromatic heterocycles. The van der Waals surface area contributed by atoms with Crippen LogP contribution < -0.4 is 4.74 Å². The molecule has 0 bridgehead atoms. The number of oxime groups is 1. The Hall–Kier alpha value is -2.97. The standard InChI is InChI=1S/C27H37NO6Si/c1-27(21-28-33-22-31-19-20-35(2,3)4,16-15-25(29)34-24-13-9-6-10-14-24)17-18-32-26(30)23-11-7-5-8-12-23/h5-14,21H,15-20,22H2,1-4H3/b28-21+. The summed E-state index contributed by atoms with van der Waals surface area (Å²) in [5.41, 5.74) is -0.0570. The maximum atomic E-state index is 12.4. The molecule has 2 rings (SSSR count). The van der Waals surface area contributed by atoms with Crippen molar-refractivity contribution in [3.8, 4) is 5.75 Å². The van der Waals surface area contributed by atoms with Crippen LogP contribution in [0.25, 0.3) is 0 Å². The summed E-state index contributed by atoms with van der Waals surface area (Å²) in [5.74, 6) is -0.225. The number of carbonyl (C=O) groups excluding carboxylic acids is 2. The number of ether oxygens (including phenoxy) is 3. The molecular weight excluding hydrogens is 462 g/mol. The predicted octanol–water partition coefficient (Wildman–Crippen LogP) is 5.94. The van der Waals surface area contributed by atoms with Gasteiger partial charge in [0.2, 0.25) is 6.79 Å². The molecule has 0 saturated heterocycles. The number of nitrogens with zero attached hydrogens (tertiary/aromatic N) is 1. The summed E-state index contributed by atoms with van der Waals surface area (Å²) in [6, 6.07) is 18.8. The van der Waals surface area contributed by atoms with E-state index >= 15 is 0 Å². The van der Waals surface area contributed by atoms with Crippen molar-refractivity contribution in [1.82, 2.24) is 0 Å². The second kappa shape index (κ2) is 14.4. The Morgan fingerprint density at radius 2 is 1.60 bits per heavy atom. The van der Waals surface area contributed by atoms with Gasteiger partial charge in [0.25, 0.3) is 0 Å². The molecule has 0 radical (unpaired) electrons. The van der Waals surface area contributed by atoms with Gasteiger partial charge < -0.3 is 19.0 Å². The normalized spacial score (nSPS) is 13.3. The summed E-state index contributed by atoms with van der Waals surface area (Å²) < 4.78 is 16.3. The van der Waals surface area contributed by atoms with Gasteiger partial charge in [-0.2, -0.15) is 0 Å². The summed E-state index contributed by atoms with van der Waals surface area (Å²) in [6.45, 7) is 9.69. The van der Waals surface area contributed by atoms with Crippen molar-refractivity contribution in [1.29, 1.82) is 0 Å². The molecule has 8 heteroatoms. The molecular formula is C27H37NO6Si. The Morgan fingerprint density at radius 3 is 2.26 bits per heavy atom. The summed E-state index contributed by atoms with van der Waals surface area (Å²) in [6.07, 6.45) is 2.75. The highest BCUT2D eigenvalue weighted by atomic mass is 28.3. The third kappa shape index (κ3) is 12.3. The molecule has 190 valence electrons. The summed E-state index contributed by atoms with van der Waals surface area (Å²) in [7, 11) is -1.16. The molecule has 0 fully saturated rings. The highest BCUT2D eigenvalue weighted by Crippen LogP contribution is 2.27. The second-order valence-electron chi connectivity index (χ2n) is 9.89. The molecule has 0 aliphatic carbocycles. The molecule has 2 aromatic rings. The number of hydrogen-bond donors (Lipinski definition) is 0. The molecule has 0 N–H and O–H groups in total. The van der Waals surface area contributed by atoms with E-state index < -0.39 is 13.5 Å². The fraction of sp³-hybridized carbons (Fsp3) is 0.444. The third-order valence-electron chi connectivity index (χ3n) is 5.36. The van der Waals surface area contributed by atoms with Gasteiger partial charge in [0.05, 0.1) is 12.2 Å². The smallest absolute Gasteiger partial charge is 0.338 e. The van der Waals surface area contributed by atoms with E-state index in [0.717, 1.165) is 6.04 Å². The minimum absolute atomic E-state index is 0.0656.